The van der Waals surface area contributed by atoms with Gasteiger partial charge in [-0.15, -0.1) is 0 Å². The quantitative estimate of drug-likeness (QED) is 0.843. The zero-order chi connectivity index (χ0) is 14.3. The summed E-state index contributed by atoms with van der Waals surface area (Å²) < 4.78 is 0. The molecule has 4 aliphatic carbocycles. The Balaban J connectivity index is 1.58. The van der Waals surface area contributed by atoms with E-state index in [1.807, 2.05) is 0 Å². The van der Waals surface area contributed by atoms with Gasteiger partial charge in [-0.1, -0.05) is 37.3 Å². The zero-order valence-electron chi connectivity index (χ0n) is 13.4. The Hall–Kier alpha value is -0.820. The normalized spacial score (nSPS) is 38.6. The second-order valence-corrected chi connectivity index (χ2v) is 8.08. The van der Waals surface area contributed by atoms with Crippen LogP contribution in [-0.4, -0.2) is 12.6 Å². The molecule has 0 radical (unpaired) electrons. The second kappa shape index (κ2) is 5.43. The molecule has 1 unspecified atom stereocenters. The molecule has 114 valence electrons. The first kappa shape index (κ1) is 13.8. The third-order valence-electron chi connectivity index (χ3n) is 6.56. The molecule has 0 amide bonds. The average Bonchev–Trinajstić information content (AvgIpc) is 2.46. The molecule has 0 aromatic heterocycles. The summed E-state index contributed by atoms with van der Waals surface area (Å²) in [6.45, 7) is 3.39. The highest BCUT2D eigenvalue weighted by atomic mass is 14.9. The molecule has 1 N–H and O–H groups in total. The molecule has 4 aliphatic rings. The maximum Gasteiger partial charge on any atom is 0.0164 e. The van der Waals surface area contributed by atoms with Gasteiger partial charge < -0.3 is 5.32 Å². The monoisotopic (exact) mass is 283 g/mol. The van der Waals surface area contributed by atoms with Crippen LogP contribution in [0.3, 0.4) is 0 Å². The molecule has 0 spiro atoms. The number of rotatable bonds is 5. The van der Waals surface area contributed by atoms with Crippen molar-refractivity contribution in [3.05, 3.63) is 35.9 Å². The highest BCUT2D eigenvalue weighted by Crippen LogP contribution is 2.61. The van der Waals surface area contributed by atoms with Crippen molar-refractivity contribution in [3.63, 3.8) is 0 Å². The van der Waals surface area contributed by atoms with E-state index in [1.54, 1.807) is 19.3 Å². The van der Waals surface area contributed by atoms with Gasteiger partial charge in [0.05, 0.1) is 0 Å². The molecule has 4 bridgehead atoms. The van der Waals surface area contributed by atoms with E-state index >= 15 is 0 Å². The van der Waals surface area contributed by atoms with Crippen molar-refractivity contribution < 1.29 is 0 Å². The minimum atomic E-state index is 0.612. The van der Waals surface area contributed by atoms with Crippen molar-refractivity contribution in [2.45, 2.75) is 57.9 Å². The van der Waals surface area contributed by atoms with E-state index in [0.717, 1.165) is 24.3 Å². The Labute approximate surface area is 129 Å². The summed E-state index contributed by atoms with van der Waals surface area (Å²) in [6.07, 6.45) is 10.4. The lowest BCUT2D eigenvalue weighted by Gasteiger charge is -2.59. The molecule has 21 heavy (non-hydrogen) atoms. The van der Waals surface area contributed by atoms with Crippen LogP contribution in [0, 0.1) is 23.2 Å². The highest BCUT2D eigenvalue weighted by Gasteiger charge is 2.53. The summed E-state index contributed by atoms with van der Waals surface area (Å²) in [6, 6.07) is 11.8. The second-order valence-electron chi connectivity index (χ2n) is 8.08. The van der Waals surface area contributed by atoms with Crippen LogP contribution in [0.5, 0.6) is 0 Å². The maximum absolute atomic E-state index is 3.89. The molecule has 1 atom stereocenters. The fraction of sp³-hybridized carbons (Fsp3) is 0.700. The largest absolute Gasteiger partial charge is 0.313 e. The summed E-state index contributed by atoms with van der Waals surface area (Å²) in [7, 11) is 0. The standard InChI is InChI=1S/C20H29N/c1-2-21-19(11-15-6-4-3-5-7-15)20-12-16-8-17(13-20)10-18(9-16)14-20/h3-7,16-19,21H,2,8-14H2,1H3. The predicted molar refractivity (Wildman–Crippen MR) is 88.2 cm³/mol. The van der Waals surface area contributed by atoms with E-state index in [-0.39, 0.29) is 0 Å². The number of hydrogen-bond donors (Lipinski definition) is 1. The number of likely N-dealkylation sites (N-methyl/N-ethyl adjacent to an activating group) is 1. The minimum Gasteiger partial charge on any atom is -0.313 e. The molecular formula is C20H29N. The van der Waals surface area contributed by atoms with Crippen molar-refractivity contribution >= 4 is 0 Å². The third kappa shape index (κ3) is 2.54. The van der Waals surface area contributed by atoms with E-state index in [2.05, 4.69) is 42.6 Å². The first-order valence-corrected chi connectivity index (χ1v) is 9.05. The fourth-order valence-corrected chi connectivity index (χ4v) is 6.21. The van der Waals surface area contributed by atoms with Gasteiger partial charge in [0.15, 0.2) is 0 Å². The van der Waals surface area contributed by atoms with Crippen molar-refractivity contribution in [2.24, 2.45) is 23.2 Å². The summed E-state index contributed by atoms with van der Waals surface area (Å²) >= 11 is 0. The maximum atomic E-state index is 3.89. The number of nitrogens with one attached hydrogen (secondary N) is 1. The van der Waals surface area contributed by atoms with Crippen LogP contribution >= 0.6 is 0 Å². The van der Waals surface area contributed by atoms with Crippen molar-refractivity contribution in [1.82, 2.24) is 5.32 Å². The van der Waals surface area contributed by atoms with Gasteiger partial charge in [-0.05, 0) is 80.2 Å². The Morgan fingerprint density at radius 1 is 1.00 bits per heavy atom. The minimum absolute atomic E-state index is 0.612. The van der Waals surface area contributed by atoms with Crippen molar-refractivity contribution in [2.75, 3.05) is 6.54 Å². The van der Waals surface area contributed by atoms with E-state index < -0.39 is 0 Å². The summed E-state index contributed by atoms with van der Waals surface area (Å²) in [4.78, 5) is 0. The van der Waals surface area contributed by atoms with Crippen LogP contribution in [0.1, 0.15) is 51.0 Å². The van der Waals surface area contributed by atoms with E-state index in [9.17, 15) is 0 Å². The highest BCUT2D eigenvalue weighted by molar-refractivity contribution is 5.18. The van der Waals surface area contributed by atoms with Gasteiger partial charge in [-0.2, -0.15) is 0 Å². The van der Waals surface area contributed by atoms with Crippen LogP contribution in [0.15, 0.2) is 30.3 Å². The molecule has 1 heteroatoms. The predicted octanol–water partition coefficient (Wildman–Crippen LogP) is 4.42. The Morgan fingerprint density at radius 3 is 2.10 bits per heavy atom. The van der Waals surface area contributed by atoms with E-state index in [1.165, 1.54) is 31.2 Å². The zero-order valence-corrected chi connectivity index (χ0v) is 13.4. The van der Waals surface area contributed by atoms with Crippen LogP contribution in [-0.2, 0) is 6.42 Å². The van der Waals surface area contributed by atoms with Crippen molar-refractivity contribution in [1.29, 1.82) is 0 Å². The molecular weight excluding hydrogens is 254 g/mol. The average molecular weight is 283 g/mol. The van der Waals surface area contributed by atoms with Crippen LogP contribution in [0.2, 0.25) is 0 Å². The molecule has 1 nitrogen and oxygen atoms in total. The van der Waals surface area contributed by atoms with Crippen LogP contribution in [0.4, 0.5) is 0 Å². The molecule has 0 aliphatic heterocycles. The van der Waals surface area contributed by atoms with E-state index in [4.69, 9.17) is 0 Å². The van der Waals surface area contributed by atoms with Gasteiger partial charge in [0.25, 0.3) is 0 Å². The number of hydrogen-bond acceptors (Lipinski definition) is 1. The molecule has 4 saturated carbocycles. The van der Waals surface area contributed by atoms with Crippen LogP contribution in [0.25, 0.3) is 0 Å². The first-order chi connectivity index (χ1) is 10.3. The van der Waals surface area contributed by atoms with Gasteiger partial charge in [-0.25, -0.2) is 0 Å². The van der Waals surface area contributed by atoms with E-state index in [0.29, 0.717) is 11.5 Å². The summed E-state index contributed by atoms with van der Waals surface area (Å²) in [5, 5.41) is 3.89. The molecule has 0 heterocycles. The summed E-state index contributed by atoms with van der Waals surface area (Å²) in [5.41, 5.74) is 2.12. The Morgan fingerprint density at radius 2 is 1.57 bits per heavy atom. The van der Waals surface area contributed by atoms with Gasteiger partial charge in [0.2, 0.25) is 0 Å². The lowest BCUT2D eigenvalue weighted by molar-refractivity contribution is -0.0734. The van der Waals surface area contributed by atoms with Gasteiger partial charge in [0.1, 0.15) is 0 Å². The lowest BCUT2D eigenvalue weighted by atomic mass is 9.47. The Kier molecular flexibility index (Phi) is 3.57. The van der Waals surface area contributed by atoms with Crippen LogP contribution < -0.4 is 5.32 Å². The van der Waals surface area contributed by atoms with Gasteiger partial charge in [0, 0.05) is 6.04 Å². The topological polar surface area (TPSA) is 12.0 Å². The molecule has 0 saturated heterocycles. The van der Waals surface area contributed by atoms with Crippen molar-refractivity contribution in [3.8, 4) is 0 Å². The molecule has 5 rings (SSSR count). The third-order valence-corrected chi connectivity index (χ3v) is 6.56. The molecule has 4 fully saturated rings. The smallest absolute Gasteiger partial charge is 0.0164 e. The Bertz CT molecular complexity index is 443. The van der Waals surface area contributed by atoms with Gasteiger partial charge >= 0.3 is 0 Å². The first-order valence-electron chi connectivity index (χ1n) is 9.05. The summed E-state index contributed by atoms with van der Waals surface area (Å²) in [5.74, 6) is 3.15. The molecule has 1 aromatic carbocycles. The molecule has 1 aromatic rings. The SMILES string of the molecule is CCNC(Cc1ccccc1)C12CC3CC(CC(C3)C1)C2. The van der Waals surface area contributed by atoms with Gasteiger partial charge in [-0.3, -0.25) is 0 Å². The fourth-order valence-electron chi connectivity index (χ4n) is 6.21. The lowest BCUT2D eigenvalue weighted by Crippen LogP contribution is -2.56. The number of benzene rings is 1.